The Bertz CT molecular complexity index is 899. The van der Waals surface area contributed by atoms with Crippen LogP contribution in [0.15, 0.2) is 77.3 Å². The van der Waals surface area contributed by atoms with Crippen LogP contribution in [0.3, 0.4) is 0 Å². The van der Waals surface area contributed by atoms with Crippen LogP contribution in [0.2, 0.25) is 5.02 Å². The highest BCUT2D eigenvalue weighted by atomic mass is 79.9. The van der Waals surface area contributed by atoms with Gasteiger partial charge in [0.25, 0.3) is 5.91 Å². The van der Waals surface area contributed by atoms with Gasteiger partial charge in [-0.3, -0.25) is 4.79 Å². The van der Waals surface area contributed by atoms with Gasteiger partial charge in [0, 0.05) is 26.3 Å². The van der Waals surface area contributed by atoms with Crippen LogP contribution in [-0.4, -0.2) is 11.0 Å². The molecule has 0 radical (unpaired) electrons. The minimum atomic E-state index is -0.891. The molecular formula is C20H15BrClNO2. The number of anilines is 1. The molecule has 25 heavy (non-hydrogen) atoms. The Morgan fingerprint density at radius 2 is 1.76 bits per heavy atom. The number of aliphatic hydroxyl groups excluding tert-OH is 1. The number of rotatable bonds is 4. The van der Waals surface area contributed by atoms with E-state index in [9.17, 15) is 9.90 Å². The van der Waals surface area contributed by atoms with Crippen molar-refractivity contribution in [1.29, 1.82) is 0 Å². The first kappa shape index (κ1) is 17.7. The molecule has 5 heteroatoms. The second-order valence-electron chi connectivity index (χ2n) is 5.51. The highest BCUT2D eigenvalue weighted by Crippen LogP contribution is 2.31. The smallest absolute Gasteiger partial charge is 0.255 e. The maximum absolute atomic E-state index is 12.5. The molecule has 0 aliphatic rings. The van der Waals surface area contributed by atoms with E-state index in [1.165, 1.54) is 0 Å². The average molecular weight is 417 g/mol. The molecule has 3 aromatic carbocycles. The molecule has 3 rings (SSSR count). The fourth-order valence-electron chi connectivity index (χ4n) is 2.51. The number of halogens is 2. The van der Waals surface area contributed by atoms with Crippen molar-refractivity contribution < 1.29 is 9.90 Å². The third-order valence-electron chi connectivity index (χ3n) is 3.76. The van der Waals surface area contributed by atoms with Crippen molar-refractivity contribution in [3.63, 3.8) is 0 Å². The van der Waals surface area contributed by atoms with Gasteiger partial charge in [-0.1, -0.05) is 63.9 Å². The number of carbonyl (C=O) groups is 1. The summed E-state index contributed by atoms with van der Waals surface area (Å²) in [6, 6.07) is 21.4. The van der Waals surface area contributed by atoms with Crippen LogP contribution in [0.4, 0.5) is 5.69 Å². The van der Waals surface area contributed by atoms with Gasteiger partial charge in [-0.05, 0) is 42.0 Å². The number of carbonyl (C=O) groups excluding carboxylic acids is 1. The summed E-state index contributed by atoms with van der Waals surface area (Å²) in [5.41, 5.74) is 2.31. The highest BCUT2D eigenvalue weighted by molar-refractivity contribution is 9.10. The van der Waals surface area contributed by atoms with Crippen LogP contribution in [0.1, 0.15) is 27.6 Å². The second-order valence-corrected chi connectivity index (χ2v) is 6.86. The van der Waals surface area contributed by atoms with Crippen molar-refractivity contribution in [2.24, 2.45) is 0 Å². The lowest BCUT2D eigenvalue weighted by Gasteiger charge is -2.17. The number of aliphatic hydroxyl groups is 1. The average Bonchev–Trinajstić information content (AvgIpc) is 2.63. The van der Waals surface area contributed by atoms with E-state index in [-0.39, 0.29) is 5.91 Å². The molecule has 3 nitrogen and oxygen atoms in total. The Kier molecular flexibility index (Phi) is 5.53. The van der Waals surface area contributed by atoms with E-state index in [4.69, 9.17) is 11.6 Å². The number of nitrogens with one attached hydrogen (secondary N) is 1. The zero-order chi connectivity index (χ0) is 17.8. The monoisotopic (exact) mass is 415 g/mol. The molecule has 2 N–H and O–H groups in total. The molecule has 3 aromatic rings. The minimum absolute atomic E-state index is 0.259. The molecule has 0 bridgehead atoms. The van der Waals surface area contributed by atoms with Gasteiger partial charge in [0.15, 0.2) is 0 Å². The lowest BCUT2D eigenvalue weighted by Crippen LogP contribution is -2.14. The number of amides is 1. The van der Waals surface area contributed by atoms with E-state index in [2.05, 4.69) is 21.2 Å². The first-order valence-corrected chi connectivity index (χ1v) is 8.81. The molecule has 0 fully saturated rings. The van der Waals surface area contributed by atoms with Gasteiger partial charge in [0.2, 0.25) is 0 Å². The Balaban J connectivity index is 1.93. The fraction of sp³-hybridized carbons (Fsp3) is 0.0500. The Hall–Kier alpha value is -2.14. The second kappa shape index (κ2) is 7.83. The molecule has 0 aromatic heterocycles. The van der Waals surface area contributed by atoms with Crippen molar-refractivity contribution in [3.05, 3.63) is 99.0 Å². The third kappa shape index (κ3) is 4.28. The molecule has 0 spiro atoms. The van der Waals surface area contributed by atoms with Crippen molar-refractivity contribution in [3.8, 4) is 0 Å². The predicted octanol–water partition coefficient (Wildman–Crippen LogP) is 5.44. The fourth-order valence-corrected chi connectivity index (χ4v) is 3.09. The summed E-state index contributed by atoms with van der Waals surface area (Å²) >= 11 is 9.45. The van der Waals surface area contributed by atoms with Crippen LogP contribution in [0.5, 0.6) is 0 Å². The van der Waals surface area contributed by atoms with Gasteiger partial charge in [0.05, 0.1) is 0 Å². The summed E-state index contributed by atoms with van der Waals surface area (Å²) in [5, 5.41) is 14.1. The molecule has 1 atom stereocenters. The summed E-state index contributed by atoms with van der Waals surface area (Å²) in [6.07, 6.45) is -0.891. The standard InChI is InChI=1S/C20H15BrClNO2/c21-15-8-4-7-14(11-15)20(25)23-18-10-9-16(22)12-17(18)19(24)13-5-2-1-3-6-13/h1-12,19,24H,(H,23,25)/t19-/m1/s1. The van der Waals surface area contributed by atoms with Crippen LogP contribution in [0, 0.1) is 0 Å². The maximum Gasteiger partial charge on any atom is 0.255 e. The van der Waals surface area contributed by atoms with E-state index >= 15 is 0 Å². The molecule has 0 aliphatic carbocycles. The van der Waals surface area contributed by atoms with Crippen molar-refractivity contribution in [2.75, 3.05) is 5.32 Å². The van der Waals surface area contributed by atoms with Crippen LogP contribution >= 0.6 is 27.5 Å². The van der Waals surface area contributed by atoms with Gasteiger partial charge in [-0.2, -0.15) is 0 Å². The van der Waals surface area contributed by atoms with E-state index in [1.54, 1.807) is 36.4 Å². The van der Waals surface area contributed by atoms with Gasteiger partial charge < -0.3 is 10.4 Å². The van der Waals surface area contributed by atoms with Crippen molar-refractivity contribution in [1.82, 2.24) is 0 Å². The summed E-state index contributed by atoms with van der Waals surface area (Å²) < 4.78 is 0.820. The zero-order valence-electron chi connectivity index (χ0n) is 13.1. The Morgan fingerprint density at radius 1 is 1.00 bits per heavy atom. The number of benzene rings is 3. The lowest BCUT2D eigenvalue weighted by molar-refractivity contribution is 0.102. The van der Waals surface area contributed by atoms with Gasteiger partial charge in [-0.25, -0.2) is 0 Å². The van der Waals surface area contributed by atoms with Gasteiger partial charge in [0.1, 0.15) is 6.10 Å². The van der Waals surface area contributed by atoms with Gasteiger partial charge >= 0.3 is 0 Å². The molecular weight excluding hydrogens is 402 g/mol. The SMILES string of the molecule is O=C(Nc1ccc(Cl)cc1[C@H](O)c1ccccc1)c1cccc(Br)c1. The minimum Gasteiger partial charge on any atom is -0.384 e. The van der Waals surface area contributed by atoms with Crippen LogP contribution in [0.25, 0.3) is 0 Å². The first-order chi connectivity index (χ1) is 12.0. The summed E-state index contributed by atoms with van der Waals surface area (Å²) in [6.45, 7) is 0. The molecule has 0 saturated heterocycles. The molecule has 1 amide bonds. The van der Waals surface area contributed by atoms with Crippen LogP contribution in [-0.2, 0) is 0 Å². The molecule has 126 valence electrons. The molecule has 0 heterocycles. The predicted molar refractivity (Wildman–Crippen MR) is 104 cm³/mol. The largest absolute Gasteiger partial charge is 0.384 e. The Labute approximate surface area is 159 Å². The normalized spacial score (nSPS) is 11.8. The Morgan fingerprint density at radius 3 is 2.48 bits per heavy atom. The summed E-state index contributed by atoms with van der Waals surface area (Å²) in [7, 11) is 0. The maximum atomic E-state index is 12.5. The van der Waals surface area contributed by atoms with E-state index in [0.29, 0.717) is 21.8 Å². The molecule has 0 saturated carbocycles. The molecule has 0 aliphatic heterocycles. The van der Waals surface area contributed by atoms with E-state index in [0.717, 1.165) is 10.0 Å². The topological polar surface area (TPSA) is 49.3 Å². The highest BCUT2D eigenvalue weighted by Gasteiger charge is 2.17. The lowest BCUT2D eigenvalue weighted by atomic mass is 9.99. The van der Waals surface area contributed by atoms with Crippen molar-refractivity contribution in [2.45, 2.75) is 6.10 Å². The van der Waals surface area contributed by atoms with E-state index < -0.39 is 6.10 Å². The quantitative estimate of drug-likeness (QED) is 0.595. The third-order valence-corrected chi connectivity index (χ3v) is 4.49. The van der Waals surface area contributed by atoms with Crippen molar-refractivity contribution >= 4 is 39.1 Å². The number of hydrogen-bond acceptors (Lipinski definition) is 2. The van der Waals surface area contributed by atoms with E-state index in [1.807, 2.05) is 36.4 Å². The van der Waals surface area contributed by atoms with Gasteiger partial charge in [-0.15, -0.1) is 0 Å². The summed E-state index contributed by atoms with van der Waals surface area (Å²) in [5.74, 6) is -0.259. The first-order valence-electron chi connectivity index (χ1n) is 7.64. The molecule has 0 unspecified atom stereocenters. The summed E-state index contributed by atoms with van der Waals surface area (Å²) in [4.78, 5) is 12.5. The number of hydrogen-bond donors (Lipinski definition) is 2. The zero-order valence-corrected chi connectivity index (χ0v) is 15.5. The van der Waals surface area contributed by atoms with Crippen LogP contribution < -0.4 is 5.32 Å².